The fourth-order valence-electron chi connectivity index (χ4n) is 1.57. The molecule has 2 rings (SSSR count). The van der Waals surface area contributed by atoms with Gasteiger partial charge in [0.05, 0.1) is 4.47 Å². The van der Waals surface area contributed by atoms with Gasteiger partial charge in [0.1, 0.15) is 16.7 Å². The zero-order chi connectivity index (χ0) is 15.8. The molecule has 1 aromatic carbocycles. The molecule has 0 bridgehead atoms. The van der Waals surface area contributed by atoms with Gasteiger partial charge in [0.2, 0.25) is 5.88 Å². The minimum Gasteiger partial charge on any atom is -0.437 e. The zero-order valence-electron chi connectivity index (χ0n) is 12.2. The standard InChI is InChI=1S/C15H15BrCl2N2O/c1-8-12(18)19-14(15(2,3)4)20-13(8)21-11-6-5-9(17)7-10(11)16/h5-7H,1-4H3. The maximum absolute atomic E-state index is 6.19. The van der Waals surface area contributed by atoms with Gasteiger partial charge >= 0.3 is 0 Å². The van der Waals surface area contributed by atoms with Crippen molar-refractivity contribution >= 4 is 39.1 Å². The summed E-state index contributed by atoms with van der Waals surface area (Å²) in [6, 6.07) is 5.29. The normalized spacial score (nSPS) is 11.6. The minimum atomic E-state index is -0.216. The van der Waals surface area contributed by atoms with Crippen molar-refractivity contribution in [3.05, 3.63) is 44.2 Å². The molecule has 0 spiro atoms. The zero-order valence-corrected chi connectivity index (χ0v) is 15.3. The maximum Gasteiger partial charge on any atom is 0.227 e. The van der Waals surface area contributed by atoms with Crippen molar-refractivity contribution in [2.75, 3.05) is 0 Å². The van der Waals surface area contributed by atoms with E-state index in [1.165, 1.54) is 0 Å². The van der Waals surface area contributed by atoms with Gasteiger partial charge in [0.15, 0.2) is 0 Å². The molecule has 2 aromatic rings. The Bertz CT molecular complexity index is 684. The van der Waals surface area contributed by atoms with E-state index in [1.54, 1.807) is 18.2 Å². The van der Waals surface area contributed by atoms with E-state index in [9.17, 15) is 0 Å². The van der Waals surface area contributed by atoms with Crippen LogP contribution in [0.2, 0.25) is 10.2 Å². The molecule has 0 aliphatic heterocycles. The fraction of sp³-hybridized carbons (Fsp3) is 0.333. The van der Waals surface area contributed by atoms with Crippen molar-refractivity contribution in [1.82, 2.24) is 9.97 Å². The summed E-state index contributed by atoms with van der Waals surface area (Å²) in [5.41, 5.74) is 0.485. The van der Waals surface area contributed by atoms with Crippen LogP contribution in [0.15, 0.2) is 22.7 Å². The number of rotatable bonds is 2. The predicted molar refractivity (Wildman–Crippen MR) is 89.7 cm³/mol. The van der Waals surface area contributed by atoms with Gasteiger partial charge in [-0.2, -0.15) is 4.98 Å². The third-order valence-electron chi connectivity index (χ3n) is 2.81. The highest BCUT2D eigenvalue weighted by molar-refractivity contribution is 9.10. The predicted octanol–water partition coefficient (Wildman–Crippen LogP) is 5.94. The van der Waals surface area contributed by atoms with Gasteiger partial charge in [-0.1, -0.05) is 44.0 Å². The lowest BCUT2D eigenvalue weighted by Gasteiger charge is -2.19. The second-order valence-electron chi connectivity index (χ2n) is 5.69. The number of halogens is 3. The van der Waals surface area contributed by atoms with Gasteiger partial charge in [-0.05, 0) is 41.1 Å². The molecular formula is C15H15BrCl2N2O. The van der Waals surface area contributed by atoms with Gasteiger partial charge in [0.25, 0.3) is 0 Å². The molecular weight excluding hydrogens is 375 g/mol. The van der Waals surface area contributed by atoms with Crippen LogP contribution in [0.5, 0.6) is 11.6 Å². The summed E-state index contributed by atoms with van der Waals surface area (Å²) in [6.07, 6.45) is 0. The topological polar surface area (TPSA) is 35.0 Å². The Hall–Kier alpha value is -0.840. The fourth-order valence-corrected chi connectivity index (χ4v) is 2.49. The maximum atomic E-state index is 6.19. The van der Waals surface area contributed by atoms with Crippen molar-refractivity contribution in [2.24, 2.45) is 0 Å². The Balaban J connectivity index is 2.46. The van der Waals surface area contributed by atoms with E-state index >= 15 is 0 Å². The number of nitrogens with zero attached hydrogens (tertiary/aromatic N) is 2. The molecule has 0 unspecified atom stereocenters. The molecule has 0 fully saturated rings. The number of ether oxygens (including phenoxy) is 1. The van der Waals surface area contributed by atoms with Crippen molar-refractivity contribution in [1.29, 1.82) is 0 Å². The summed E-state index contributed by atoms with van der Waals surface area (Å²) in [6.45, 7) is 7.90. The van der Waals surface area contributed by atoms with Crippen LogP contribution in [0.1, 0.15) is 32.2 Å². The Kier molecular flexibility index (Phi) is 4.81. The van der Waals surface area contributed by atoms with Crippen molar-refractivity contribution in [3.8, 4) is 11.6 Å². The molecule has 1 heterocycles. The van der Waals surface area contributed by atoms with E-state index < -0.39 is 0 Å². The monoisotopic (exact) mass is 388 g/mol. The molecule has 6 heteroatoms. The smallest absolute Gasteiger partial charge is 0.227 e. The van der Waals surface area contributed by atoms with E-state index in [1.807, 2.05) is 27.7 Å². The Morgan fingerprint density at radius 1 is 1.14 bits per heavy atom. The Labute approximate surface area is 142 Å². The molecule has 0 aliphatic carbocycles. The first-order chi connectivity index (χ1) is 9.68. The van der Waals surface area contributed by atoms with Crippen molar-refractivity contribution in [2.45, 2.75) is 33.1 Å². The summed E-state index contributed by atoms with van der Waals surface area (Å²) >= 11 is 15.5. The van der Waals surface area contributed by atoms with Crippen LogP contribution in [0, 0.1) is 6.92 Å². The average Bonchev–Trinajstić information content (AvgIpc) is 2.36. The minimum absolute atomic E-state index is 0.216. The molecule has 0 saturated carbocycles. The van der Waals surface area contributed by atoms with E-state index in [0.717, 1.165) is 4.47 Å². The Morgan fingerprint density at radius 2 is 1.81 bits per heavy atom. The molecule has 112 valence electrons. The van der Waals surface area contributed by atoms with Gasteiger partial charge in [0, 0.05) is 16.0 Å². The van der Waals surface area contributed by atoms with Gasteiger partial charge in [-0.3, -0.25) is 0 Å². The summed E-state index contributed by atoms with van der Waals surface area (Å²) < 4.78 is 6.62. The average molecular weight is 390 g/mol. The lowest BCUT2D eigenvalue weighted by atomic mass is 9.96. The van der Waals surface area contributed by atoms with E-state index in [0.29, 0.717) is 33.2 Å². The van der Waals surface area contributed by atoms with Crippen LogP contribution < -0.4 is 4.74 Å². The van der Waals surface area contributed by atoms with Gasteiger partial charge < -0.3 is 4.74 Å². The first kappa shape index (κ1) is 16.5. The number of hydrogen-bond donors (Lipinski definition) is 0. The van der Waals surface area contributed by atoms with Crippen LogP contribution in [0.4, 0.5) is 0 Å². The molecule has 0 atom stereocenters. The number of hydrogen-bond acceptors (Lipinski definition) is 3. The van der Waals surface area contributed by atoms with Gasteiger partial charge in [-0.25, -0.2) is 4.98 Å². The van der Waals surface area contributed by atoms with Crippen molar-refractivity contribution in [3.63, 3.8) is 0 Å². The second kappa shape index (κ2) is 6.11. The number of aromatic nitrogens is 2. The Morgan fingerprint density at radius 3 is 2.38 bits per heavy atom. The molecule has 0 aliphatic rings. The largest absolute Gasteiger partial charge is 0.437 e. The number of benzene rings is 1. The highest BCUT2D eigenvalue weighted by atomic mass is 79.9. The van der Waals surface area contributed by atoms with Crippen LogP contribution in [-0.4, -0.2) is 9.97 Å². The third kappa shape index (κ3) is 3.87. The molecule has 0 radical (unpaired) electrons. The highest BCUT2D eigenvalue weighted by Gasteiger charge is 2.21. The molecule has 0 amide bonds. The third-order valence-corrected chi connectivity index (χ3v) is 4.04. The first-order valence-corrected chi connectivity index (χ1v) is 7.91. The molecule has 1 aromatic heterocycles. The van der Waals surface area contributed by atoms with E-state index in [4.69, 9.17) is 27.9 Å². The van der Waals surface area contributed by atoms with Crippen molar-refractivity contribution < 1.29 is 4.74 Å². The lowest BCUT2D eigenvalue weighted by Crippen LogP contribution is -2.17. The first-order valence-electron chi connectivity index (χ1n) is 6.36. The SMILES string of the molecule is Cc1c(Cl)nc(C(C)(C)C)nc1Oc1ccc(Cl)cc1Br. The highest BCUT2D eigenvalue weighted by Crippen LogP contribution is 2.34. The molecule has 0 saturated heterocycles. The molecule has 3 nitrogen and oxygen atoms in total. The van der Waals surface area contributed by atoms with Gasteiger partial charge in [-0.15, -0.1) is 0 Å². The summed E-state index contributed by atoms with van der Waals surface area (Å²) in [5, 5.41) is 1.03. The van der Waals surface area contributed by atoms with Crippen LogP contribution in [-0.2, 0) is 5.41 Å². The lowest BCUT2D eigenvalue weighted by molar-refractivity contribution is 0.439. The second-order valence-corrected chi connectivity index (χ2v) is 7.34. The summed E-state index contributed by atoms with van der Waals surface area (Å²) in [4.78, 5) is 8.82. The summed E-state index contributed by atoms with van der Waals surface area (Å²) in [5.74, 6) is 1.71. The van der Waals surface area contributed by atoms with E-state index in [-0.39, 0.29) is 5.41 Å². The summed E-state index contributed by atoms with van der Waals surface area (Å²) in [7, 11) is 0. The molecule has 0 N–H and O–H groups in total. The van der Waals surface area contributed by atoms with Crippen LogP contribution in [0.25, 0.3) is 0 Å². The quantitative estimate of drug-likeness (QED) is 0.595. The van der Waals surface area contributed by atoms with Crippen LogP contribution in [0.3, 0.4) is 0 Å². The van der Waals surface area contributed by atoms with E-state index in [2.05, 4.69) is 25.9 Å². The van der Waals surface area contributed by atoms with Crippen LogP contribution >= 0.6 is 39.1 Å². The molecule has 21 heavy (non-hydrogen) atoms.